The quantitative estimate of drug-likeness (QED) is 0.417. The number of nitrogens with one attached hydrogen (secondary N) is 3. The first kappa shape index (κ1) is 23.8. The van der Waals surface area contributed by atoms with E-state index in [1.807, 2.05) is 44.2 Å². The van der Waals surface area contributed by atoms with Crippen molar-refractivity contribution in [2.24, 2.45) is 5.92 Å². The standard InChI is InChI=1S/C23H30BN5O5/c1-16(2)12-20(24-29(10-11-33-24)15-21(30)34-24)28-22(31)18(13-17-6-4-3-5-7-17)27-23(32)19-14-25-8-9-26-19/h3-9,14,16,18,20,29H,10-13,15H2,1-2H3,(H,27,32)(H,28,31)/t18-,20-,24?/m0/s1. The van der Waals surface area contributed by atoms with Gasteiger partial charge in [0, 0.05) is 24.8 Å². The molecule has 4 rings (SSSR count). The Morgan fingerprint density at radius 3 is 2.68 bits per heavy atom. The van der Waals surface area contributed by atoms with E-state index < -0.39 is 24.6 Å². The zero-order chi connectivity index (χ0) is 24.1. The second-order valence-corrected chi connectivity index (χ2v) is 9.27. The average molecular weight is 467 g/mol. The summed E-state index contributed by atoms with van der Waals surface area (Å²) < 4.78 is 11.7. The molecule has 2 amide bonds. The molecule has 0 radical (unpaired) electrons. The molecule has 180 valence electrons. The first-order chi connectivity index (χ1) is 16.4. The lowest BCUT2D eigenvalue weighted by Crippen LogP contribution is -3.21. The van der Waals surface area contributed by atoms with Gasteiger partial charge in [-0.2, -0.15) is 0 Å². The summed E-state index contributed by atoms with van der Waals surface area (Å²) in [6.45, 7) is 3.34. The van der Waals surface area contributed by atoms with Crippen LogP contribution in [0.3, 0.4) is 0 Å². The second-order valence-electron chi connectivity index (χ2n) is 9.27. The third-order valence-electron chi connectivity index (χ3n) is 6.32. The van der Waals surface area contributed by atoms with Crippen LogP contribution < -0.4 is 15.4 Å². The number of quaternary nitrogens is 1. The van der Waals surface area contributed by atoms with Crippen LogP contribution in [0.15, 0.2) is 48.9 Å². The zero-order valence-electron chi connectivity index (χ0n) is 19.4. The summed E-state index contributed by atoms with van der Waals surface area (Å²) in [7, 11) is 0. The maximum absolute atomic E-state index is 13.6. The van der Waals surface area contributed by atoms with Crippen molar-refractivity contribution in [2.75, 3.05) is 19.7 Å². The molecule has 1 aromatic heterocycles. The van der Waals surface area contributed by atoms with Gasteiger partial charge in [-0.25, -0.2) is 4.98 Å². The number of hydrogen-bond donors (Lipinski definition) is 3. The van der Waals surface area contributed by atoms with E-state index in [0.29, 0.717) is 19.6 Å². The van der Waals surface area contributed by atoms with Crippen LogP contribution in [0, 0.1) is 5.92 Å². The lowest BCUT2D eigenvalue weighted by Gasteiger charge is -2.39. The van der Waals surface area contributed by atoms with E-state index in [-0.39, 0.29) is 36.5 Å². The van der Waals surface area contributed by atoms with Gasteiger partial charge in [0.15, 0.2) is 0 Å². The molecule has 10 nitrogen and oxygen atoms in total. The topological polar surface area (TPSA) is 124 Å². The second kappa shape index (κ2) is 10.3. The Hall–Kier alpha value is -3.31. The Morgan fingerprint density at radius 2 is 1.97 bits per heavy atom. The number of amides is 2. The predicted molar refractivity (Wildman–Crippen MR) is 123 cm³/mol. The van der Waals surface area contributed by atoms with Gasteiger partial charge in [0.05, 0.1) is 19.3 Å². The van der Waals surface area contributed by atoms with Gasteiger partial charge < -0.3 is 24.8 Å². The normalized spacial score (nSPS) is 23.1. The molecule has 4 atom stereocenters. The van der Waals surface area contributed by atoms with Crippen molar-refractivity contribution in [1.82, 2.24) is 20.6 Å². The Bertz CT molecular complexity index is 1020. The molecule has 0 spiro atoms. The van der Waals surface area contributed by atoms with Crippen molar-refractivity contribution in [3.63, 3.8) is 0 Å². The Morgan fingerprint density at radius 1 is 1.18 bits per heavy atom. The average Bonchev–Trinajstić information content (AvgIpc) is 3.36. The maximum Gasteiger partial charge on any atom is 0.548 e. The molecule has 2 saturated heterocycles. The predicted octanol–water partition coefficient (Wildman–Crippen LogP) is -0.701. The van der Waals surface area contributed by atoms with Crippen LogP contribution in [-0.4, -0.2) is 66.1 Å². The van der Waals surface area contributed by atoms with E-state index in [1.165, 1.54) is 18.6 Å². The molecule has 2 aromatic rings. The molecule has 0 bridgehead atoms. The van der Waals surface area contributed by atoms with Crippen LogP contribution in [0.1, 0.15) is 36.3 Å². The van der Waals surface area contributed by atoms with Gasteiger partial charge in [0.2, 0.25) is 5.91 Å². The highest BCUT2D eigenvalue weighted by molar-refractivity contribution is 6.64. The maximum atomic E-state index is 13.6. The number of benzene rings is 1. The first-order valence-electron chi connectivity index (χ1n) is 11.6. The van der Waals surface area contributed by atoms with Crippen molar-refractivity contribution in [3.8, 4) is 0 Å². The first-order valence-corrected chi connectivity index (χ1v) is 11.6. The highest BCUT2D eigenvalue weighted by atomic mass is 16.7. The van der Waals surface area contributed by atoms with E-state index in [4.69, 9.17) is 9.31 Å². The molecule has 1 aromatic carbocycles. The Kier molecular flexibility index (Phi) is 7.23. The number of aromatic nitrogens is 2. The van der Waals surface area contributed by atoms with E-state index in [2.05, 4.69) is 20.6 Å². The lowest BCUT2D eigenvalue weighted by molar-refractivity contribution is -0.781. The highest BCUT2D eigenvalue weighted by Crippen LogP contribution is 2.20. The number of nitrogens with zero attached hydrogens (tertiary/aromatic N) is 2. The summed E-state index contributed by atoms with van der Waals surface area (Å²) in [5, 5.41) is 5.86. The zero-order valence-corrected chi connectivity index (χ0v) is 19.4. The molecule has 0 aliphatic carbocycles. The molecule has 2 unspecified atom stereocenters. The van der Waals surface area contributed by atoms with Crippen molar-refractivity contribution in [2.45, 2.75) is 38.7 Å². The van der Waals surface area contributed by atoms with E-state index in [0.717, 1.165) is 10.4 Å². The minimum absolute atomic E-state index is 0.120. The monoisotopic (exact) mass is 467 g/mol. The number of rotatable bonds is 9. The van der Waals surface area contributed by atoms with E-state index in [9.17, 15) is 14.4 Å². The van der Waals surface area contributed by atoms with Crippen molar-refractivity contribution < 1.29 is 28.5 Å². The highest BCUT2D eigenvalue weighted by Gasteiger charge is 2.60. The van der Waals surface area contributed by atoms with Crippen LogP contribution >= 0.6 is 0 Å². The molecule has 2 aliphatic rings. The van der Waals surface area contributed by atoms with Gasteiger partial charge in [-0.05, 0) is 11.5 Å². The van der Waals surface area contributed by atoms with E-state index >= 15 is 0 Å². The fourth-order valence-electron chi connectivity index (χ4n) is 4.78. The molecule has 2 fully saturated rings. The molecule has 0 saturated carbocycles. The molecule has 34 heavy (non-hydrogen) atoms. The third kappa shape index (κ3) is 5.26. The van der Waals surface area contributed by atoms with Gasteiger partial charge in [0.1, 0.15) is 18.3 Å². The molecular weight excluding hydrogens is 437 g/mol. The van der Waals surface area contributed by atoms with Crippen molar-refractivity contribution >= 4 is 24.5 Å². The van der Waals surface area contributed by atoms with Gasteiger partial charge in [-0.3, -0.25) is 19.4 Å². The van der Waals surface area contributed by atoms with Gasteiger partial charge >= 0.3 is 12.7 Å². The molecule has 11 heteroatoms. The summed E-state index contributed by atoms with van der Waals surface area (Å²) in [6.07, 6.45) is 5.09. The fourth-order valence-corrected chi connectivity index (χ4v) is 4.78. The summed E-state index contributed by atoms with van der Waals surface area (Å²) in [4.78, 5) is 47.4. The Balaban J connectivity index is 1.57. The van der Waals surface area contributed by atoms with Crippen molar-refractivity contribution in [1.29, 1.82) is 0 Å². The molecular formula is C23H30BN5O5. The lowest BCUT2D eigenvalue weighted by atomic mass is 9.59. The summed E-state index contributed by atoms with van der Waals surface area (Å²) in [5.74, 6) is -1.49. The largest absolute Gasteiger partial charge is 0.610 e. The molecule has 3 N–H and O–H groups in total. The van der Waals surface area contributed by atoms with Gasteiger partial charge in [0.25, 0.3) is 5.91 Å². The number of hydrogen-bond acceptors (Lipinski definition) is 7. The molecule has 3 heterocycles. The number of carbonyl (C=O) groups is 3. The van der Waals surface area contributed by atoms with Crippen LogP contribution in [0.4, 0.5) is 0 Å². The van der Waals surface area contributed by atoms with Crippen molar-refractivity contribution in [3.05, 3.63) is 60.2 Å². The van der Waals surface area contributed by atoms with Gasteiger partial charge in [-0.15, -0.1) is 0 Å². The summed E-state index contributed by atoms with van der Waals surface area (Å²) in [5.41, 5.74) is 1.01. The minimum atomic E-state index is -2.06. The van der Waals surface area contributed by atoms with Crippen LogP contribution in [0.25, 0.3) is 0 Å². The van der Waals surface area contributed by atoms with Crippen LogP contribution in [0.2, 0.25) is 0 Å². The van der Waals surface area contributed by atoms with Crippen LogP contribution in [-0.2, 0) is 25.3 Å². The summed E-state index contributed by atoms with van der Waals surface area (Å²) in [6, 6.07) is 8.57. The smallest absolute Gasteiger partial charge is 0.548 e. The SMILES string of the molecule is CC(C)C[C@H](NC(=O)[C@H](Cc1ccccc1)NC(=O)c1cnccn1)[B-]12OCC[NH+]1CC(=O)O2. The molecule has 2 aliphatic heterocycles. The van der Waals surface area contributed by atoms with Gasteiger partial charge in [-0.1, -0.05) is 50.6 Å². The fraction of sp³-hybridized carbons (Fsp3) is 0.435. The minimum Gasteiger partial charge on any atom is -0.610 e. The van der Waals surface area contributed by atoms with E-state index in [1.54, 1.807) is 0 Å². The Labute approximate surface area is 198 Å². The number of carbonyl (C=O) groups excluding carboxylic acids is 3. The third-order valence-corrected chi connectivity index (χ3v) is 6.32. The number of fused-ring (bicyclic) bond motifs is 1. The summed E-state index contributed by atoms with van der Waals surface area (Å²) >= 11 is 0. The van der Waals surface area contributed by atoms with Crippen LogP contribution in [0.5, 0.6) is 0 Å².